The van der Waals surface area contributed by atoms with Gasteiger partial charge in [-0.1, -0.05) is 0 Å². The summed E-state index contributed by atoms with van der Waals surface area (Å²) in [6.45, 7) is 0. The van der Waals surface area contributed by atoms with Crippen molar-refractivity contribution in [1.82, 2.24) is 14.1 Å². The number of hydrogen-bond acceptors (Lipinski definition) is 3. The highest BCUT2D eigenvalue weighted by atomic mass is 16.5. The number of esters is 1. The summed E-state index contributed by atoms with van der Waals surface area (Å²) >= 11 is 0. The summed E-state index contributed by atoms with van der Waals surface area (Å²) in [5.41, 5.74) is 3.64. The number of rotatable bonds is 3. The summed E-state index contributed by atoms with van der Waals surface area (Å²) in [6, 6.07) is 5.88. The Morgan fingerprint density at radius 1 is 1.36 bits per heavy atom. The highest BCUT2D eigenvalue weighted by molar-refractivity contribution is 6.04. The average Bonchev–Trinajstić information content (AvgIpc) is 3.15. The smallest absolute Gasteiger partial charge is 0.338 e. The van der Waals surface area contributed by atoms with E-state index in [0.29, 0.717) is 11.5 Å². The maximum absolute atomic E-state index is 12.1. The van der Waals surface area contributed by atoms with Gasteiger partial charge in [0.25, 0.3) is 0 Å². The summed E-state index contributed by atoms with van der Waals surface area (Å²) in [5.74, 6) is 0.292. The molecule has 1 aliphatic carbocycles. The Morgan fingerprint density at radius 2 is 2.18 bits per heavy atom. The van der Waals surface area contributed by atoms with Gasteiger partial charge in [-0.15, -0.1) is 0 Å². The van der Waals surface area contributed by atoms with Gasteiger partial charge in [0.05, 0.1) is 30.2 Å². The fraction of sp³-hybridized carbons (Fsp3) is 0.294. The first-order chi connectivity index (χ1) is 10.7. The van der Waals surface area contributed by atoms with Crippen molar-refractivity contribution in [2.45, 2.75) is 18.8 Å². The van der Waals surface area contributed by atoms with Gasteiger partial charge in [0.1, 0.15) is 0 Å². The minimum Gasteiger partial charge on any atom is -0.465 e. The molecule has 0 bridgehead atoms. The Balaban J connectivity index is 1.89. The Morgan fingerprint density at radius 3 is 2.91 bits per heavy atom. The molecule has 112 valence electrons. The van der Waals surface area contributed by atoms with Crippen molar-refractivity contribution in [3.63, 3.8) is 0 Å². The van der Waals surface area contributed by atoms with Crippen molar-refractivity contribution in [1.29, 1.82) is 0 Å². The van der Waals surface area contributed by atoms with Crippen molar-refractivity contribution in [2.24, 2.45) is 7.05 Å². The van der Waals surface area contributed by atoms with Crippen LogP contribution >= 0.6 is 0 Å². The van der Waals surface area contributed by atoms with Gasteiger partial charge in [0.15, 0.2) is 0 Å². The first kappa shape index (κ1) is 13.1. The fourth-order valence-corrected chi connectivity index (χ4v) is 2.85. The summed E-state index contributed by atoms with van der Waals surface area (Å²) in [4.78, 5) is 16.6. The molecule has 22 heavy (non-hydrogen) atoms. The van der Waals surface area contributed by atoms with Crippen molar-refractivity contribution >= 4 is 16.9 Å². The van der Waals surface area contributed by atoms with Crippen LogP contribution in [-0.4, -0.2) is 27.2 Å². The summed E-state index contributed by atoms with van der Waals surface area (Å²) in [6.07, 6.45) is 8.27. The van der Waals surface area contributed by atoms with Crippen molar-refractivity contribution in [3.05, 3.63) is 48.2 Å². The Labute approximate surface area is 128 Å². The number of benzene rings is 1. The van der Waals surface area contributed by atoms with E-state index in [4.69, 9.17) is 4.74 Å². The third-order valence-electron chi connectivity index (χ3n) is 4.29. The zero-order valence-corrected chi connectivity index (χ0v) is 12.6. The van der Waals surface area contributed by atoms with Gasteiger partial charge in [0, 0.05) is 36.4 Å². The number of ether oxygens (including phenoxy) is 1. The number of imidazole rings is 1. The molecular weight excluding hydrogens is 278 g/mol. The molecule has 0 N–H and O–H groups in total. The predicted molar refractivity (Wildman–Crippen MR) is 83.4 cm³/mol. The second-order valence-electron chi connectivity index (χ2n) is 5.82. The molecule has 5 heteroatoms. The zero-order chi connectivity index (χ0) is 15.3. The van der Waals surface area contributed by atoms with Gasteiger partial charge >= 0.3 is 5.97 Å². The van der Waals surface area contributed by atoms with Crippen LogP contribution < -0.4 is 0 Å². The molecule has 0 atom stereocenters. The first-order valence-electron chi connectivity index (χ1n) is 7.39. The molecule has 4 rings (SSSR count). The second kappa shape index (κ2) is 4.73. The number of aromatic nitrogens is 3. The van der Waals surface area contributed by atoms with Crippen LogP contribution in [0.3, 0.4) is 0 Å². The Bertz CT molecular complexity index is 871. The second-order valence-corrected chi connectivity index (χ2v) is 5.82. The molecule has 0 amide bonds. The zero-order valence-electron chi connectivity index (χ0n) is 12.6. The molecule has 1 aliphatic rings. The molecular formula is C17H17N3O2. The average molecular weight is 295 g/mol. The summed E-state index contributed by atoms with van der Waals surface area (Å²) < 4.78 is 8.91. The number of nitrogens with zero attached hydrogens (tertiary/aromatic N) is 3. The third-order valence-corrected chi connectivity index (χ3v) is 4.29. The molecule has 1 saturated carbocycles. The van der Waals surface area contributed by atoms with Crippen LogP contribution in [0.25, 0.3) is 16.6 Å². The highest BCUT2D eigenvalue weighted by Crippen LogP contribution is 2.39. The van der Waals surface area contributed by atoms with E-state index in [1.807, 2.05) is 40.8 Å². The normalized spacial score (nSPS) is 14.5. The highest BCUT2D eigenvalue weighted by Gasteiger charge is 2.26. The number of carbonyl (C=O) groups excluding carboxylic acids is 1. The lowest BCUT2D eigenvalue weighted by atomic mass is 10.1. The lowest BCUT2D eigenvalue weighted by molar-refractivity contribution is 0.0603. The van der Waals surface area contributed by atoms with E-state index in [1.165, 1.54) is 20.0 Å². The molecule has 0 spiro atoms. The van der Waals surface area contributed by atoms with Gasteiger partial charge in [-0.05, 0) is 31.0 Å². The van der Waals surface area contributed by atoms with E-state index in [-0.39, 0.29) is 5.97 Å². The molecule has 1 fully saturated rings. The fourth-order valence-electron chi connectivity index (χ4n) is 2.85. The topological polar surface area (TPSA) is 49.1 Å². The number of aryl methyl sites for hydroxylation is 1. The van der Waals surface area contributed by atoms with E-state index < -0.39 is 0 Å². The molecule has 2 heterocycles. The van der Waals surface area contributed by atoms with Crippen LogP contribution in [0.2, 0.25) is 0 Å². The van der Waals surface area contributed by atoms with Gasteiger partial charge in [0.2, 0.25) is 0 Å². The summed E-state index contributed by atoms with van der Waals surface area (Å²) in [7, 11) is 3.38. The SMILES string of the molecule is COC(=O)c1cc(-n2cnc(C3CC3)c2)cc2c1ccn2C. The van der Waals surface area contributed by atoms with Gasteiger partial charge in [-0.25, -0.2) is 9.78 Å². The molecule has 1 aromatic carbocycles. The standard InChI is InChI=1S/C17H17N3O2/c1-19-6-5-13-14(17(21)22-2)7-12(8-16(13)19)20-9-15(18-10-20)11-3-4-11/h5-11H,3-4H2,1-2H3. The van der Waals surface area contributed by atoms with Crippen LogP contribution in [0.1, 0.15) is 34.8 Å². The monoisotopic (exact) mass is 295 g/mol. The Hall–Kier alpha value is -2.56. The molecule has 0 aliphatic heterocycles. The van der Waals surface area contributed by atoms with Crippen molar-refractivity contribution in [2.75, 3.05) is 7.11 Å². The summed E-state index contributed by atoms with van der Waals surface area (Å²) in [5, 5.41) is 0.903. The van der Waals surface area contributed by atoms with E-state index in [0.717, 1.165) is 22.3 Å². The molecule has 5 nitrogen and oxygen atoms in total. The van der Waals surface area contributed by atoms with Gasteiger partial charge in [-0.2, -0.15) is 0 Å². The van der Waals surface area contributed by atoms with E-state index in [2.05, 4.69) is 17.2 Å². The van der Waals surface area contributed by atoms with Crippen LogP contribution in [0.5, 0.6) is 0 Å². The maximum Gasteiger partial charge on any atom is 0.338 e. The molecule has 2 aromatic heterocycles. The number of methoxy groups -OCH3 is 1. The first-order valence-corrected chi connectivity index (χ1v) is 7.39. The Kier molecular flexibility index (Phi) is 2.82. The number of carbonyl (C=O) groups is 1. The van der Waals surface area contributed by atoms with E-state index in [9.17, 15) is 4.79 Å². The van der Waals surface area contributed by atoms with E-state index in [1.54, 1.807) is 0 Å². The lowest BCUT2D eigenvalue weighted by Crippen LogP contribution is -2.04. The number of hydrogen-bond donors (Lipinski definition) is 0. The minimum atomic E-state index is -0.319. The van der Waals surface area contributed by atoms with Crippen molar-refractivity contribution in [3.8, 4) is 5.69 Å². The van der Waals surface area contributed by atoms with Gasteiger partial charge < -0.3 is 13.9 Å². The third kappa shape index (κ3) is 2.01. The van der Waals surface area contributed by atoms with Crippen LogP contribution in [0.4, 0.5) is 0 Å². The molecule has 0 saturated heterocycles. The molecule has 3 aromatic rings. The van der Waals surface area contributed by atoms with Crippen LogP contribution in [0, 0.1) is 0 Å². The maximum atomic E-state index is 12.1. The number of fused-ring (bicyclic) bond motifs is 1. The molecule has 0 unspecified atom stereocenters. The quantitative estimate of drug-likeness (QED) is 0.698. The van der Waals surface area contributed by atoms with Crippen LogP contribution in [0.15, 0.2) is 36.9 Å². The lowest BCUT2D eigenvalue weighted by Gasteiger charge is -2.08. The van der Waals surface area contributed by atoms with Crippen LogP contribution in [-0.2, 0) is 11.8 Å². The van der Waals surface area contributed by atoms with Gasteiger partial charge in [-0.3, -0.25) is 0 Å². The largest absolute Gasteiger partial charge is 0.465 e. The van der Waals surface area contributed by atoms with E-state index >= 15 is 0 Å². The van der Waals surface area contributed by atoms with Crippen molar-refractivity contribution < 1.29 is 9.53 Å². The predicted octanol–water partition coefficient (Wildman–Crippen LogP) is 3.03. The minimum absolute atomic E-state index is 0.319. The molecule has 0 radical (unpaired) electrons.